The zero-order valence-corrected chi connectivity index (χ0v) is 12.7. The van der Waals surface area contributed by atoms with Crippen molar-refractivity contribution in [2.24, 2.45) is 0 Å². The molecule has 0 saturated carbocycles. The first kappa shape index (κ1) is 13.8. The van der Waals surface area contributed by atoms with Crippen LogP contribution in [0.1, 0.15) is 17.0 Å². The molecule has 114 valence electrons. The maximum Gasteiger partial charge on any atom is 0.335 e. The monoisotopic (exact) mass is 305 g/mol. The number of nitrogens with zero attached hydrogens (tertiary/aromatic N) is 1. The number of amides is 1. The van der Waals surface area contributed by atoms with E-state index >= 15 is 0 Å². The number of hydrogen-bond acceptors (Lipinski definition) is 3. The van der Waals surface area contributed by atoms with Crippen molar-refractivity contribution in [1.82, 2.24) is 0 Å². The third kappa shape index (κ3) is 1.60. The molecule has 1 amide bonds. The summed E-state index contributed by atoms with van der Waals surface area (Å²) in [6.07, 6.45) is 0. The van der Waals surface area contributed by atoms with Gasteiger partial charge >= 0.3 is 5.97 Å². The number of carbonyl (C=O) groups excluding carboxylic acids is 2. The van der Waals surface area contributed by atoms with Crippen LogP contribution in [0.3, 0.4) is 0 Å². The van der Waals surface area contributed by atoms with Crippen LogP contribution in [0.4, 0.5) is 5.69 Å². The summed E-state index contributed by atoms with van der Waals surface area (Å²) in [6.45, 7) is 3.90. The second kappa shape index (κ2) is 4.56. The molecule has 0 N–H and O–H groups in total. The molecule has 1 spiro atoms. The van der Waals surface area contributed by atoms with E-state index in [1.54, 1.807) is 11.9 Å². The molecule has 23 heavy (non-hydrogen) atoms. The molecule has 0 unspecified atom stereocenters. The van der Waals surface area contributed by atoms with Crippen LogP contribution in [0.2, 0.25) is 0 Å². The molecule has 2 aliphatic rings. The summed E-state index contributed by atoms with van der Waals surface area (Å²) < 4.78 is 5.67. The zero-order valence-electron chi connectivity index (χ0n) is 12.7. The van der Waals surface area contributed by atoms with Crippen molar-refractivity contribution in [2.75, 3.05) is 11.9 Å². The highest BCUT2D eigenvalue weighted by molar-refractivity contribution is 6.12. The van der Waals surface area contributed by atoms with Gasteiger partial charge in [0.05, 0.1) is 11.6 Å². The van der Waals surface area contributed by atoms with E-state index in [9.17, 15) is 9.59 Å². The number of benzene rings is 2. The van der Waals surface area contributed by atoms with Crippen molar-refractivity contribution in [3.05, 3.63) is 77.9 Å². The number of anilines is 1. The first-order chi connectivity index (χ1) is 11.1. The van der Waals surface area contributed by atoms with Crippen molar-refractivity contribution >= 4 is 17.6 Å². The van der Waals surface area contributed by atoms with Crippen molar-refractivity contribution in [3.8, 4) is 0 Å². The molecular formula is C19H15NO3. The van der Waals surface area contributed by atoms with Crippen LogP contribution < -0.4 is 4.90 Å². The number of carbonyl (C=O) groups is 2. The Labute approximate surface area is 134 Å². The Morgan fingerprint density at radius 1 is 1.04 bits per heavy atom. The molecule has 2 aromatic rings. The van der Waals surface area contributed by atoms with Gasteiger partial charge in [-0.2, -0.15) is 0 Å². The number of esters is 1. The number of rotatable bonds is 1. The number of fused-ring (bicyclic) bond motifs is 2. The Morgan fingerprint density at radius 2 is 1.70 bits per heavy atom. The molecule has 0 bridgehead atoms. The Bertz CT molecular complexity index is 843. The minimum atomic E-state index is -1.35. The maximum atomic E-state index is 13.1. The largest absolute Gasteiger partial charge is 0.439 e. The van der Waals surface area contributed by atoms with Crippen molar-refractivity contribution in [2.45, 2.75) is 11.5 Å². The van der Waals surface area contributed by atoms with Crippen LogP contribution in [0.5, 0.6) is 0 Å². The minimum absolute atomic E-state index is 0.237. The Morgan fingerprint density at radius 3 is 2.43 bits per heavy atom. The quantitative estimate of drug-likeness (QED) is 0.601. The van der Waals surface area contributed by atoms with Gasteiger partial charge in [0.15, 0.2) is 0 Å². The molecule has 4 nitrogen and oxygen atoms in total. The Kier molecular flexibility index (Phi) is 2.73. The van der Waals surface area contributed by atoms with Gasteiger partial charge in [-0.15, -0.1) is 0 Å². The van der Waals surface area contributed by atoms with E-state index in [2.05, 4.69) is 6.58 Å². The van der Waals surface area contributed by atoms with E-state index in [4.69, 9.17) is 4.74 Å². The van der Waals surface area contributed by atoms with Gasteiger partial charge in [-0.05, 0) is 11.6 Å². The van der Waals surface area contributed by atoms with Gasteiger partial charge in [0.1, 0.15) is 0 Å². The Balaban J connectivity index is 2.01. The molecule has 0 radical (unpaired) electrons. The van der Waals surface area contributed by atoms with Crippen molar-refractivity contribution < 1.29 is 14.3 Å². The molecular weight excluding hydrogens is 290 g/mol. The fourth-order valence-electron chi connectivity index (χ4n) is 3.65. The zero-order chi connectivity index (χ0) is 16.2. The third-order valence-corrected chi connectivity index (χ3v) is 4.69. The third-order valence-electron chi connectivity index (χ3n) is 4.69. The molecule has 0 aromatic heterocycles. The summed E-state index contributed by atoms with van der Waals surface area (Å²) in [7, 11) is 1.70. The summed E-state index contributed by atoms with van der Waals surface area (Å²) in [5.74, 6) is -1.27. The lowest BCUT2D eigenvalue weighted by molar-refractivity contribution is -0.157. The van der Waals surface area contributed by atoms with Gasteiger partial charge in [-0.3, -0.25) is 4.79 Å². The highest BCUT2D eigenvalue weighted by Gasteiger charge is 2.64. The lowest BCUT2D eigenvalue weighted by Gasteiger charge is -2.28. The van der Waals surface area contributed by atoms with Gasteiger partial charge < -0.3 is 9.64 Å². The van der Waals surface area contributed by atoms with Gasteiger partial charge in [-0.25, -0.2) is 4.79 Å². The number of para-hydroxylation sites is 1. The van der Waals surface area contributed by atoms with Gasteiger partial charge in [0, 0.05) is 18.2 Å². The smallest absolute Gasteiger partial charge is 0.335 e. The van der Waals surface area contributed by atoms with Gasteiger partial charge in [-0.1, -0.05) is 55.1 Å². The normalized spacial score (nSPS) is 25.9. The first-order valence-electron chi connectivity index (χ1n) is 7.42. The van der Waals surface area contributed by atoms with Gasteiger partial charge in [0.25, 0.3) is 5.91 Å². The molecule has 4 rings (SSSR count). The van der Waals surface area contributed by atoms with Crippen LogP contribution in [0.15, 0.2) is 66.7 Å². The van der Waals surface area contributed by atoms with Crippen LogP contribution in [-0.4, -0.2) is 18.9 Å². The maximum absolute atomic E-state index is 13.1. The molecule has 2 atom stereocenters. The topological polar surface area (TPSA) is 46.6 Å². The average Bonchev–Trinajstić information content (AvgIpc) is 2.97. The van der Waals surface area contributed by atoms with E-state index in [1.165, 1.54) is 0 Å². The fraction of sp³-hybridized carbons (Fsp3) is 0.158. The lowest BCUT2D eigenvalue weighted by atomic mass is 9.76. The van der Waals surface area contributed by atoms with Gasteiger partial charge in [0.2, 0.25) is 5.60 Å². The van der Waals surface area contributed by atoms with Crippen LogP contribution in [-0.2, 0) is 19.9 Å². The summed E-state index contributed by atoms with van der Waals surface area (Å²) in [5, 5.41) is 0. The summed E-state index contributed by atoms with van der Waals surface area (Å²) in [5.41, 5.74) is 1.30. The predicted molar refractivity (Wildman–Crippen MR) is 85.9 cm³/mol. The molecule has 1 fully saturated rings. The standard InChI is InChI=1S/C19H15NO3/c1-12-16(13-8-4-3-5-9-13)19(23-17(12)21)14-10-6-7-11-15(14)20(2)18(19)22/h3-11,16H,1H2,2H3/t16-,19-/m0/s1. The molecule has 2 aromatic carbocycles. The minimum Gasteiger partial charge on any atom is -0.439 e. The average molecular weight is 305 g/mol. The number of hydrogen-bond donors (Lipinski definition) is 0. The highest BCUT2D eigenvalue weighted by Crippen LogP contribution is 2.56. The van der Waals surface area contributed by atoms with Crippen LogP contribution in [0, 0.1) is 0 Å². The molecule has 0 aliphatic carbocycles. The van der Waals surface area contributed by atoms with E-state index in [1.807, 2.05) is 54.6 Å². The SMILES string of the molecule is C=C1C(=O)O[C@]2(C(=O)N(C)c3ccccc32)[C@@H]1c1ccccc1. The molecule has 2 aliphatic heterocycles. The fourth-order valence-corrected chi connectivity index (χ4v) is 3.65. The molecule has 4 heteroatoms. The molecule has 2 heterocycles. The number of likely N-dealkylation sites (N-methyl/N-ethyl adjacent to an activating group) is 1. The van der Waals surface area contributed by atoms with E-state index in [-0.39, 0.29) is 5.91 Å². The Hall–Kier alpha value is -2.88. The van der Waals surface area contributed by atoms with E-state index < -0.39 is 17.5 Å². The van der Waals surface area contributed by atoms with E-state index in [0.29, 0.717) is 11.1 Å². The number of ether oxygens (including phenoxy) is 1. The van der Waals surface area contributed by atoms with Crippen molar-refractivity contribution in [1.29, 1.82) is 0 Å². The highest BCUT2D eigenvalue weighted by atomic mass is 16.6. The van der Waals surface area contributed by atoms with Crippen LogP contribution in [0.25, 0.3) is 0 Å². The summed E-state index contributed by atoms with van der Waals surface area (Å²) in [6, 6.07) is 16.9. The predicted octanol–water partition coefficient (Wildman–Crippen LogP) is 2.76. The van der Waals surface area contributed by atoms with Crippen LogP contribution >= 0.6 is 0 Å². The first-order valence-corrected chi connectivity index (χ1v) is 7.42. The second-order valence-electron chi connectivity index (χ2n) is 5.88. The van der Waals surface area contributed by atoms with Crippen molar-refractivity contribution in [3.63, 3.8) is 0 Å². The lowest BCUT2D eigenvalue weighted by Crippen LogP contribution is -2.42. The summed E-state index contributed by atoms with van der Waals surface area (Å²) in [4.78, 5) is 26.9. The second-order valence-corrected chi connectivity index (χ2v) is 5.88. The summed E-state index contributed by atoms with van der Waals surface area (Å²) >= 11 is 0. The van der Waals surface area contributed by atoms with E-state index in [0.717, 1.165) is 11.3 Å². The molecule has 1 saturated heterocycles.